The molecule has 0 unspecified atom stereocenters. The number of rotatable bonds is 4. The third kappa shape index (κ3) is 4.09. The summed E-state index contributed by atoms with van der Waals surface area (Å²) in [5.74, 6) is 0.572. The molecule has 0 saturated heterocycles. The van der Waals surface area contributed by atoms with Gasteiger partial charge in [0.2, 0.25) is 0 Å². The van der Waals surface area contributed by atoms with Gasteiger partial charge in [0.25, 0.3) is 10.0 Å². The van der Waals surface area contributed by atoms with Crippen LogP contribution in [0.1, 0.15) is 11.1 Å². The predicted octanol–water partition coefficient (Wildman–Crippen LogP) is 5.34. The fourth-order valence-electron chi connectivity index (χ4n) is 3.00. The van der Waals surface area contributed by atoms with E-state index in [-0.39, 0.29) is 4.90 Å². The maximum Gasteiger partial charge on any atom is 0.286 e. The summed E-state index contributed by atoms with van der Waals surface area (Å²) in [6.45, 7) is 0.536. The Hall–Kier alpha value is -2.28. The van der Waals surface area contributed by atoms with Gasteiger partial charge in [-0.3, -0.25) is 0 Å². The van der Waals surface area contributed by atoms with Crippen LogP contribution >= 0.6 is 23.4 Å². The summed E-state index contributed by atoms with van der Waals surface area (Å²) in [4.78, 5) is 2.19. The molecule has 0 atom stereocenters. The van der Waals surface area contributed by atoms with Crippen molar-refractivity contribution >= 4 is 44.2 Å². The molecule has 3 aromatic carbocycles. The second kappa shape index (κ2) is 7.99. The molecule has 0 spiro atoms. The van der Waals surface area contributed by atoms with Gasteiger partial charge >= 0.3 is 0 Å². The van der Waals surface area contributed by atoms with E-state index in [2.05, 4.69) is 4.40 Å². The van der Waals surface area contributed by atoms with Crippen molar-refractivity contribution in [3.05, 3.63) is 95.0 Å². The molecule has 0 aromatic heterocycles. The maximum atomic E-state index is 12.7. The minimum atomic E-state index is -3.73. The average molecular weight is 429 g/mol. The molecule has 1 aliphatic heterocycles. The molecule has 0 bridgehead atoms. The van der Waals surface area contributed by atoms with Crippen molar-refractivity contribution in [2.75, 3.05) is 4.90 Å². The Morgan fingerprint density at radius 1 is 0.893 bits per heavy atom. The van der Waals surface area contributed by atoms with Crippen LogP contribution in [0.3, 0.4) is 0 Å². The smallest absolute Gasteiger partial charge is 0.286 e. The monoisotopic (exact) mass is 428 g/mol. The van der Waals surface area contributed by atoms with E-state index in [4.69, 9.17) is 11.6 Å². The van der Waals surface area contributed by atoms with Gasteiger partial charge in [0, 0.05) is 10.8 Å². The van der Waals surface area contributed by atoms with Crippen molar-refractivity contribution in [2.24, 2.45) is 4.40 Å². The number of sulfonamides is 1. The number of nitrogens with zero attached hydrogens (tertiary/aromatic N) is 2. The van der Waals surface area contributed by atoms with Crippen LogP contribution in [0.2, 0.25) is 5.02 Å². The fourth-order valence-corrected chi connectivity index (χ4v) is 5.61. The Bertz CT molecular complexity index is 1130. The van der Waals surface area contributed by atoms with Crippen LogP contribution in [-0.4, -0.2) is 13.6 Å². The van der Waals surface area contributed by atoms with Crippen molar-refractivity contribution in [3.63, 3.8) is 0 Å². The van der Waals surface area contributed by atoms with Crippen molar-refractivity contribution < 1.29 is 8.42 Å². The molecule has 0 radical (unpaired) electrons. The molecule has 7 heteroatoms. The van der Waals surface area contributed by atoms with Gasteiger partial charge in [-0.2, -0.15) is 8.42 Å². The molecule has 0 aliphatic carbocycles. The highest BCUT2D eigenvalue weighted by Crippen LogP contribution is 2.36. The van der Waals surface area contributed by atoms with E-state index in [0.717, 1.165) is 11.1 Å². The van der Waals surface area contributed by atoms with Gasteiger partial charge in [0.1, 0.15) is 4.90 Å². The number of hydrogen-bond acceptors (Lipinski definition) is 4. The quantitative estimate of drug-likeness (QED) is 0.562. The van der Waals surface area contributed by atoms with Crippen LogP contribution in [0.5, 0.6) is 0 Å². The summed E-state index contributed by atoms with van der Waals surface area (Å²) in [7, 11) is -3.73. The van der Waals surface area contributed by atoms with Crippen LogP contribution in [-0.2, 0) is 22.3 Å². The fraction of sp³-hybridized carbons (Fsp3) is 0.0952. The molecule has 0 fully saturated rings. The average Bonchev–Trinajstić information content (AvgIpc) is 2.70. The Morgan fingerprint density at radius 2 is 1.61 bits per heavy atom. The molecular formula is C21H17ClN2O2S2. The van der Waals surface area contributed by atoms with E-state index in [1.165, 1.54) is 11.8 Å². The van der Waals surface area contributed by atoms with E-state index >= 15 is 0 Å². The van der Waals surface area contributed by atoms with Crippen molar-refractivity contribution in [2.45, 2.75) is 17.2 Å². The summed E-state index contributed by atoms with van der Waals surface area (Å²) >= 11 is 7.46. The zero-order valence-electron chi connectivity index (χ0n) is 14.8. The summed E-state index contributed by atoms with van der Waals surface area (Å²) in [5.41, 5.74) is 2.73. The molecule has 1 aliphatic rings. The molecule has 3 aromatic rings. The number of halogens is 1. The minimum absolute atomic E-state index is 0.234. The molecular weight excluding hydrogens is 412 g/mol. The number of para-hydroxylation sites is 1. The van der Waals surface area contributed by atoms with Crippen molar-refractivity contribution in [1.29, 1.82) is 0 Å². The maximum absolute atomic E-state index is 12.7. The second-order valence-electron chi connectivity index (χ2n) is 6.31. The number of fused-ring (bicyclic) bond motifs is 1. The highest BCUT2D eigenvalue weighted by molar-refractivity contribution is 8.14. The molecule has 0 amide bonds. The predicted molar refractivity (Wildman–Crippen MR) is 116 cm³/mol. The van der Waals surface area contributed by atoms with Crippen LogP contribution in [0.25, 0.3) is 0 Å². The summed E-state index contributed by atoms with van der Waals surface area (Å²) in [6, 6.07) is 24.5. The van der Waals surface area contributed by atoms with E-state index < -0.39 is 10.0 Å². The lowest BCUT2D eigenvalue weighted by molar-refractivity contribution is 0.597. The highest BCUT2D eigenvalue weighted by atomic mass is 35.5. The van der Waals surface area contributed by atoms with E-state index in [9.17, 15) is 8.42 Å². The Balaban J connectivity index is 1.70. The first-order chi connectivity index (χ1) is 13.5. The van der Waals surface area contributed by atoms with Gasteiger partial charge < -0.3 is 4.90 Å². The van der Waals surface area contributed by atoms with E-state index in [1.807, 2.05) is 71.6 Å². The lowest BCUT2D eigenvalue weighted by Crippen LogP contribution is -2.33. The number of anilines is 1. The Kier molecular flexibility index (Phi) is 5.44. The van der Waals surface area contributed by atoms with Crippen LogP contribution in [0.4, 0.5) is 5.69 Å². The van der Waals surface area contributed by atoms with Crippen molar-refractivity contribution in [1.82, 2.24) is 0 Å². The number of amidine groups is 1. The Morgan fingerprint density at radius 3 is 2.39 bits per heavy atom. The molecule has 1 heterocycles. The largest absolute Gasteiger partial charge is 0.315 e. The number of thioether (sulfide) groups is 1. The van der Waals surface area contributed by atoms with Gasteiger partial charge in [-0.15, -0.1) is 4.40 Å². The van der Waals surface area contributed by atoms with Gasteiger partial charge in [-0.1, -0.05) is 78.0 Å². The molecule has 0 saturated carbocycles. The first-order valence-corrected chi connectivity index (χ1v) is 11.5. The standard InChI is InChI=1S/C21H17ClN2O2S2/c22-18-10-6-9-17(13-18)15-27-21-23-28(25,26)20-12-5-4-11-19(20)24(21)14-16-7-2-1-3-8-16/h1-13H,14-15H2. The second-order valence-corrected chi connectivity index (χ2v) is 9.26. The molecule has 4 rings (SSSR count). The summed E-state index contributed by atoms with van der Waals surface area (Å²) in [5, 5.41) is 1.12. The lowest BCUT2D eigenvalue weighted by atomic mass is 10.2. The third-order valence-electron chi connectivity index (χ3n) is 4.30. The van der Waals surface area contributed by atoms with Crippen LogP contribution < -0.4 is 4.90 Å². The molecule has 0 N–H and O–H groups in total. The summed E-state index contributed by atoms with van der Waals surface area (Å²) < 4.78 is 29.5. The number of benzene rings is 3. The summed E-state index contributed by atoms with van der Waals surface area (Å²) in [6.07, 6.45) is 0. The SMILES string of the molecule is O=S1(=O)N=C(SCc2cccc(Cl)c2)N(Cc2ccccc2)c2ccccc21. The first-order valence-electron chi connectivity index (χ1n) is 8.66. The highest BCUT2D eigenvalue weighted by Gasteiger charge is 2.30. The van der Waals surface area contributed by atoms with Gasteiger partial charge in [-0.25, -0.2) is 0 Å². The topological polar surface area (TPSA) is 49.7 Å². The minimum Gasteiger partial charge on any atom is -0.315 e. The lowest BCUT2D eigenvalue weighted by Gasteiger charge is -2.30. The van der Waals surface area contributed by atoms with Crippen LogP contribution in [0, 0.1) is 0 Å². The number of hydrogen-bond donors (Lipinski definition) is 0. The first kappa shape index (κ1) is 19.1. The molecule has 28 heavy (non-hydrogen) atoms. The van der Waals surface area contributed by atoms with Gasteiger partial charge in [-0.05, 0) is 35.4 Å². The molecule has 4 nitrogen and oxygen atoms in total. The van der Waals surface area contributed by atoms with E-state index in [0.29, 0.717) is 28.2 Å². The van der Waals surface area contributed by atoms with Gasteiger partial charge in [0.15, 0.2) is 5.17 Å². The zero-order chi connectivity index (χ0) is 19.6. The zero-order valence-corrected chi connectivity index (χ0v) is 17.2. The van der Waals surface area contributed by atoms with Crippen molar-refractivity contribution in [3.8, 4) is 0 Å². The third-order valence-corrected chi connectivity index (χ3v) is 7.02. The normalized spacial score (nSPS) is 15.0. The van der Waals surface area contributed by atoms with Crippen LogP contribution in [0.15, 0.2) is 88.2 Å². The van der Waals surface area contributed by atoms with Gasteiger partial charge in [0.05, 0.1) is 12.2 Å². The van der Waals surface area contributed by atoms with E-state index in [1.54, 1.807) is 12.1 Å². The molecule has 142 valence electrons. The Labute approximate surface area is 173 Å².